The molecule has 17 heteroatoms. The summed E-state index contributed by atoms with van der Waals surface area (Å²) in [5.74, 6) is -4.07. The van der Waals surface area contributed by atoms with Crippen LogP contribution in [0.1, 0.15) is 40.3 Å². The molecule has 4 N–H and O–H groups in total. The third-order valence-electron chi connectivity index (χ3n) is 5.03. The van der Waals surface area contributed by atoms with E-state index >= 15 is 0 Å². The summed E-state index contributed by atoms with van der Waals surface area (Å²) < 4.78 is 35.0. The van der Waals surface area contributed by atoms with Crippen molar-refractivity contribution in [3.63, 3.8) is 0 Å². The van der Waals surface area contributed by atoms with Gasteiger partial charge in [0, 0.05) is 5.38 Å². The lowest BCUT2D eigenvalue weighted by Gasteiger charge is -2.43. The number of carboxylic acid groups (broad SMARTS) is 1. The molecular formula is C19H27N5O10S2. The van der Waals surface area contributed by atoms with Crippen LogP contribution in [0.2, 0.25) is 0 Å². The van der Waals surface area contributed by atoms with Gasteiger partial charge in [0.2, 0.25) is 5.60 Å². The molecule has 0 aromatic carbocycles. The summed E-state index contributed by atoms with van der Waals surface area (Å²) in [6.07, 6.45) is 0. The largest absolute Gasteiger partial charge is 0.478 e. The van der Waals surface area contributed by atoms with Crippen LogP contribution in [0.15, 0.2) is 10.5 Å². The summed E-state index contributed by atoms with van der Waals surface area (Å²) in [5, 5.41) is 16.6. The number of thiazole rings is 1. The first-order valence-electron chi connectivity index (χ1n) is 10.3. The molecule has 2 heterocycles. The Kier molecular flexibility index (Phi) is 8.32. The maximum Gasteiger partial charge on any atom is 0.365 e. The van der Waals surface area contributed by atoms with Crippen molar-refractivity contribution in [2.24, 2.45) is 10.6 Å². The molecule has 1 aromatic rings. The van der Waals surface area contributed by atoms with Crippen LogP contribution >= 0.6 is 11.3 Å². The van der Waals surface area contributed by atoms with Crippen molar-refractivity contribution >= 4 is 56.2 Å². The van der Waals surface area contributed by atoms with E-state index in [-0.39, 0.29) is 10.8 Å². The smallest absolute Gasteiger partial charge is 0.365 e. The Hall–Kier alpha value is -3.31. The zero-order chi connectivity index (χ0) is 27.6. The van der Waals surface area contributed by atoms with Crippen LogP contribution in [0.3, 0.4) is 0 Å². The zero-order valence-corrected chi connectivity index (χ0v) is 21.9. The molecule has 0 saturated carbocycles. The van der Waals surface area contributed by atoms with E-state index in [9.17, 15) is 32.7 Å². The molecular weight excluding hydrogens is 522 g/mol. The Morgan fingerprint density at radius 2 is 1.92 bits per heavy atom. The Balaban J connectivity index is 2.18. The average molecular weight is 550 g/mol. The van der Waals surface area contributed by atoms with Gasteiger partial charge in [0.15, 0.2) is 10.8 Å². The Morgan fingerprint density at radius 1 is 1.31 bits per heavy atom. The number of esters is 1. The fraction of sp³-hybridized carbons (Fsp3) is 0.579. The lowest BCUT2D eigenvalue weighted by atomic mass is 9.95. The van der Waals surface area contributed by atoms with Crippen molar-refractivity contribution in [2.45, 2.75) is 52.3 Å². The number of nitrogens with two attached hydrogens (primary N) is 1. The normalized spacial score (nSPS) is 18.9. The molecule has 15 nitrogen and oxygen atoms in total. The van der Waals surface area contributed by atoms with Gasteiger partial charge in [0.05, 0.1) is 25.2 Å². The highest BCUT2D eigenvalue weighted by Gasteiger charge is 2.53. The van der Waals surface area contributed by atoms with E-state index in [0.29, 0.717) is 4.31 Å². The number of nitrogen functional groups attached to an aromatic ring is 1. The predicted molar refractivity (Wildman–Crippen MR) is 125 cm³/mol. The average Bonchev–Trinajstić information content (AvgIpc) is 3.21. The van der Waals surface area contributed by atoms with Gasteiger partial charge in [-0.15, -0.1) is 11.3 Å². The van der Waals surface area contributed by atoms with E-state index in [1.165, 1.54) is 40.0 Å². The predicted octanol–water partition coefficient (Wildman–Crippen LogP) is -0.515. The third-order valence-corrected chi connectivity index (χ3v) is 7.11. The molecule has 1 fully saturated rings. The van der Waals surface area contributed by atoms with Crippen LogP contribution in [0.5, 0.6) is 0 Å². The molecule has 1 aromatic heterocycles. The number of rotatable bonds is 11. The minimum atomic E-state index is -4.60. The van der Waals surface area contributed by atoms with Crippen LogP contribution in [0, 0.1) is 5.41 Å². The number of anilines is 1. The number of aromatic nitrogens is 1. The van der Waals surface area contributed by atoms with Gasteiger partial charge in [-0.1, -0.05) is 5.16 Å². The Labute approximate surface area is 210 Å². The number of ether oxygens (including phenoxy) is 1. The highest BCUT2D eigenvalue weighted by Crippen LogP contribution is 2.27. The van der Waals surface area contributed by atoms with Crippen molar-refractivity contribution in [2.75, 3.05) is 19.5 Å². The van der Waals surface area contributed by atoms with Crippen molar-refractivity contribution in [3.05, 3.63) is 11.1 Å². The molecule has 0 bridgehead atoms. The second-order valence-electron chi connectivity index (χ2n) is 8.84. The minimum Gasteiger partial charge on any atom is -0.478 e. The number of hydrogen-bond donors (Lipinski definition) is 3. The number of carbonyl (C=O) groups excluding carboxylic acids is 3. The number of β-lactam (4-membered cyclic amide) rings is 1. The number of carboxylic acids is 1. The number of methoxy groups -OCH3 is 1. The Bertz CT molecular complexity index is 1190. The highest BCUT2D eigenvalue weighted by molar-refractivity contribution is 7.85. The second-order valence-corrected chi connectivity index (χ2v) is 11.2. The van der Waals surface area contributed by atoms with E-state index in [2.05, 4.69) is 20.2 Å². The number of oxime groups is 1. The zero-order valence-electron chi connectivity index (χ0n) is 20.3. The molecule has 1 saturated heterocycles. The molecule has 0 aliphatic carbocycles. The number of nitrogens with zero attached hydrogens (tertiary/aromatic N) is 3. The van der Waals surface area contributed by atoms with Gasteiger partial charge in [-0.25, -0.2) is 14.1 Å². The molecule has 36 heavy (non-hydrogen) atoms. The fourth-order valence-electron chi connectivity index (χ4n) is 2.72. The molecule has 1 aliphatic heterocycles. The van der Waals surface area contributed by atoms with Crippen LogP contribution < -0.4 is 11.1 Å². The Morgan fingerprint density at radius 3 is 2.39 bits per heavy atom. The second kappa shape index (κ2) is 10.4. The molecule has 2 amide bonds. The van der Waals surface area contributed by atoms with Crippen LogP contribution in [-0.4, -0.2) is 83.7 Å². The lowest BCUT2D eigenvalue weighted by molar-refractivity contribution is -0.161. The maximum absolute atomic E-state index is 12.9. The van der Waals surface area contributed by atoms with Gasteiger partial charge in [0.1, 0.15) is 11.7 Å². The summed E-state index contributed by atoms with van der Waals surface area (Å²) >= 11 is 0.974. The minimum absolute atomic E-state index is 0.0477. The topological polar surface area (TPSA) is 217 Å². The first-order chi connectivity index (χ1) is 16.4. The van der Waals surface area contributed by atoms with Gasteiger partial charge >= 0.3 is 22.2 Å². The molecule has 1 aliphatic rings. The number of nitrogens with one attached hydrogen (secondary N) is 1. The van der Waals surface area contributed by atoms with Gasteiger partial charge in [-0.3, -0.25) is 18.6 Å². The standard InChI is InChI=1S/C19H27N5O10S2/c1-9-11(14(26)24(9)36(30,31)33-8-18(2,3)16(29)32-6)22-13(25)12(10-7-35-17(20)21-10)23-34-19(4,5)15(27)28/h7,9,11H,8H2,1-6H3,(H2,20,21)(H,22,25)(H,27,28)/t9-,11-/m0/s1. The van der Waals surface area contributed by atoms with Gasteiger partial charge in [0.25, 0.3) is 11.8 Å². The van der Waals surface area contributed by atoms with Crippen molar-refractivity contribution in [1.29, 1.82) is 0 Å². The van der Waals surface area contributed by atoms with Crippen LogP contribution in [-0.2, 0) is 43.2 Å². The molecule has 0 radical (unpaired) electrons. The highest BCUT2D eigenvalue weighted by atomic mass is 32.2. The van der Waals surface area contributed by atoms with E-state index < -0.39 is 69.5 Å². The van der Waals surface area contributed by atoms with E-state index in [1.54, 1.807) is 0 Å². The SMILES string of the molecule is COC(=O)C(C)(C)COS(=O)(=O)N1C(=O)[C@@H](NC(=O)C(=NOC(C)(C)C(=O)O)c2csc(N)n2)[C@@H]1C. The third kappa shape index (κ3) is 6.08. The number of carbonyl (C=O) groups is 4. The first-order valence-corrected chi connectivity index (χ1v) is 12.5. The molecule has 2 rings (SSSR count). The van der Waals surface area contributed by atoms with Crippen molar-refractivity contribution < 1.29 is 46.5 Å². The monoisotopic (exact) mass is 549 g/mol. The van der Waals surface area contributed by atoms with Crippen molar-refractivity contribution in [3.8, 4) is 0 Å². The molecule has 0 unspecified atom stereocenters. The summed E-state index contributed by atoms with van der Waals surface area (Å²) in [6.45, 7) is 5.96. The number of hydrogen-bond acceptors (Lipinski definition) is 13. The van der Waals surface area contributed by atoms with Crippen LogP contribution in [0.4, 0.5) is 5.13 Å². The van der Waals surface area contributed by atoms with Crippen LogP contribution in [0.25, 0.3) is 0 Å². The quantitative estimate of drug-likeness (QED) is 0.138. The molecule has 0 spiro atoms. The van der Waals surface area contributed by atoms with Gasteiger partial charge < -0.3 is 25.7 Å². The van der Waals surface area contributed by atoms with E-state index in [1.807, 2.05) is 0 Å². The van der Waals surface area contributed by atoms with E-state index in [4.69, 9.17) is 14.8 Å². The molecule has 2 atom stereocenters. The van der Waals surface area contributed by atoms with E-state index in [0.717, 1.165) is 18.4 Å². The first kappa shape index (κ1) is 28.9. The summed E-state index contributed by atoms with van der Waals surface area (Å²) in [7, 11) is -3.46. The maximum atomic E-state index is 12.9. The van der Waals surface area contributed by atoms with Gasteiger partial charge in [-0.2, -0.15) is 8.42 Å². The number of aliphatic carboxylic acids is 1. The number of amides is 2. The lowest BCUT2D eigenvalue weighted by Crippen LogP contribution is -2.71. The fourth-order valence-corrected chi connectivity index (χ4v) is 4.68. The summed E-state index contributed by atoms with van der Waals surface area (Å²) in [4.78, 5) is 57.5. The van der Waals surface area contributed by atoms with Crippen molar-refractivity contribution in [1.82, 2.24) is 14.6 Å². The van der Waals surface area contributed by atoms with Gasteiger partial charge in [-0.05, 0) is 34.6 Å². The summed E-state index contributed by atoms with van der Waals surface area (Å²) in [6, 6.07) is -2.36. The molecule has 200 valence electrons. The summed E-state index contributed by atoms with van der Waals surface area (Å²) in [5.41, 5.74) is 1.97.